The van der Waals surface area contributed by atoms with Crippen molar-refractivity contribution >= 4 is 35.0 Å². The van der Waals surface area contributed by atoms with E-state index in [2.05, 4.69) is 16.5 Å². The van der Waals surface area contributed by atoms with E-state index in [4.69, 9.17) is 0 Å². The fraction of sp³-hybridized carbons (Fsp3) is 0.100. The van der Waals surface area contributed by atoms with Gasteiger partial charge in [-0.05, 0) is 12.1 Å². The lowest BCUT2D eigenvalue weighted by molar-refractivity contribution is 1.07. The predicted octanol–water partition coefficient (Wildman–Crippen LogP) is 2.91. The van der Waals surface area contributed by atoms with Gasteiger partial charge in [-0.25, -0.2) is 4.98 Å². The smallest absolute Gasteiger partial charge is 0.111 e. The Balaban J connectivity index is 0.000000845. The van der Waals surface area contributed by atoms with Crippen molar-refractivity contribution in [3.05, 3.63) is 42.7 Å². The average molecular weight is 286 g/mol. The standard InChI is InChI=1S/C10H10N2.HI/c1-2-5-10-11-8-6-3-4-7-9(8)12-10;/h2-4,6-7H,1,5H2,(H,11,12);1H. The maximum absolute atomic E-state index is 4.38. The summed E-state index contributed by atoms with van der Waals surface area (Å²) in [5.41, 5.74) is 2.11. The monoisotopic (exact) mass is 286 g/mol. The molecule has 0 radical (unpaired) electrons. The van der Waals surface area contributed by atoms with Crippen LogP contribution in [0, 0.1) is 0 Å². The normalized spacial score (nSPS) is 9.54. The first kappa shape index (κ1) is 10.2. The third-order valence-electron chi connectivity index (χ3n) is 1.78. The van der Waals surface area contributed by atoms with Crippen molar-refractivity contribution in [3.8, 4) is 0 Å². The molecular formula is C10H11IN2. The Morgan fingerprint density at radius 1 is 1.38 bits per heavy atom. The number of rotatable bonds is 2. The molecular weight excluding hydrogens is 275 g/mol. The molecule has 2 nitrogen and oxygen atoms in total. The number of halogens is 1. The molecule has 1 heterocycles. The molecule has 1 aromatic heterocycles. The molecule has 0 spiro atoms. The molecule has 1 N–H and O–H groups in total. The second kappa shape index (κ2) is 4.41. The molecule has 1 aromatic carbocycles. The molecule has 0 aliphatic rings. The van der Waals surface area contributed by atoms with Gasteiger partial charge in [0, 0.05) is 6.42 Å². The largest absolute Gasteiger partial charge is 0.342 e. The van der Waals surface area contributed by atoms with E-state index in [0.717, 1.165) is 23.3 Å². The van der Waals surface area contributed by atoms with Crippen LogP contribution in [0.15, 0.2) is 36.9 Å². The Labute approximate surface area is 94.1 Å². The number of para-hydroxylation sites is 2. The van der Waals surface area contributed by atoms with E-state index in [-0.39, 0.29) is 24.0 Å². The van der Waals surface area contributed by atoms with Crippen LogP contribution in [-0.2, 0) is 6.42 Å². The summed E-state index contributed by atoms with van der Waals surface area (Å²) in [5, 5.41) is 0. The Hall–Kier alpha value is -0.840. The number of hydrogen-bond acceptors (Lipinski definition) is 1. The van der Waals surface area contributed by atoms with Gasteiger partial charge in [-0.3, -0.25) is 0 Å². The summed E-state index contributed by atoms with van der Waals surface area (Å²) in [6.45, 7) is 3.67. The predicted molar refractivity (Wildman–Crippen MR) is 65.4 cm³/mol. The Kier molecular flexibility index (Phi) is 3.48. The van der Waals surface area contributed by atoms with Crippen LogP contribution in [0.1, 0.15) is 5.82 Å². The molecule has 68 valence electrons. The number of H-pyrrole nitrogens is 1. The molecule has 0 amide bonds. The molecule has 0 saturated carbocycles. The summed E-state index contributed by atoms with van der Waals surface area (Å²) in [5.74, 6) is 0.978. The lowest BCUT2D eigenvalue weighted by Gasteiger charge is -1.83. The number of hydrogen-bond donors (Lipinski definition) is 1. The van der Waals surface area contributed by atoms with Crippen LogP contribution in [0.2, 0.25) is 0 Å². The van der Waals surface area contributed by atoms with Crippen LogP contribution in [0.4, 0.5) is 0 Å². The number of nitrogens with one attached hydrogen (secondary N) is 1. The highest BCUT2D eigenvalue weighted by atomic mass is 127. The summed E-state index contributed by atoms with van der Waals surface area (Å²) in [6, 6.07) is 8.01. The van der Waals surface area contributed by atoms with E-state index in [1.54, 1.807) is 0 Å². The van der Waals surface area contributed by atoms with Gasteiger partial charge in [-0.1, -0.05) is 18.2 Å². The molecule has 2 aromatic rings. The van der Waals surface area contributed by atoms with Crippen molar-refractivity contribution in [1.29, 1.82) is 0 Å². The summed E-state index contributed by atoms with van der Waals surface area (Å²) < 4.78 is 0. The first-order valence-corrected chi connectivity index (χ1v) is 3.94. The highest BCUT2D eigenvalue weighted by Gasteiger charge is 1.97. The van der Waals surface area contributed by atoms with Gasteiger partial charge in [-0.15, -0.1) is 30.6 Å². The second-order valence-corrected chi connectivity index (χ2v) is 2.69. The van der Waals surface area contributed by atoms with E-state index >= 15 is 0 Å². The van der Waals surface area contributed by atoms with E-state index in [1.807, 2.05) is 30.3 Å². The molecule has 0 aliphatic heterocycles. The molecule has 0 saturated heterocycles. The van der Waals surface area contributed by atoms with Gasteiger partial charge < -0.3 is 4.98 Å². The van der Waals surface area contributed by atoms with Crippen molar-refractivity contribution in [2.45, 2.75) is 6.42 Å². The minimum Gasteiger partial charge on any atom is -0.342 e. The lowest BCUT2D eigenvalue weighted by atomic mass is 10.3. The van der Waals surface area contributed by atoms with Gasteiger partial charge in [0.05, 0.1) is 11.0 Å². The summed E-state index contributed by atoms with van der Waals surface area (Å²) in [7, 11) is 0. The van der Waals surface area contributed by atoms with E-state index in [9.17, 15) is 0 Å². The number of allylic oxidation sites excluding steroid dienone is 1. The first-order chi connectivity index (χ1) is 5.90. The minimum atomic E-state index is 0. The van der Waals surface area contributed by atoms with Crippen molar-refractivity contribution < 1.29 is 0 Å². The van der Waals surface area contributed by atoms with Crippen molar-refractivity contribution in [2.75, 3.05) is 0 Å². The highest BCUT2D eigenvalue weighted by Crippen LogP contribution is 2.10. The third kappa shape index (κ3) is 2.09. The molecule has 13 heavy (non-hydrogen) atoms. The number of imidazole rings is 1. The Bertz CT molecular complexity index is 373. The minimum absolute atomic E-state index is 0. The first-order valence-electron chi connectivity index (χ1n) is 3.94. The van der Waals surface area contributed by atoms with Crippen LogP contribution >= 0.6 is 24.0 Å². The number of nitrogens with zero attached hydrogens (tertiary/aromatic N) is 1. The van der Waals surface area contributed by atoms with Crippen molar-refractivity contribution in [3.63, 3.8) is 0 Å². The van der Waals surface area contributed by atoms with Gasteiger partial charge in [0.1, 0.15) is 5.82 Å². The molecule has 2 rings (SSSR count). The summed E-state index contributed by atoms with van der Waals surface area (Å²) in [6.07, 6.45) is 2.65. The fourth-order valence-electron chi connectivity index (χ4n) is 1.24. The zero-order chi connectivity index (χ0) is 8.39. The number of fused-ring (bicyclic) bond motifs is 1. The number of aromatic amines is 1. The van der Waals surface area contributed by atoms with Crippen molar-refractivity contribution in [2.24, 2.45) is 0 Å². The number of aromatic nitrogens is 2. The Morgan fingerprint density at radius 3 is 2.85 bits per heavy atom. The van der Waals surface area contributed by atoms with E-state index < -0.39 is 0 Å². The van der Waals surface area contributed by atoms with Crippen LogP contribution < -0.4 is 0 Å². The topological polar surface area (TPSA) is 28.7 Å². The molecule has 0 atom stereocenters. The molecule has 0 bridgehead atoms. The third-order valence-corrected chi connectivity index (χ3v) is 1.78. The molecule has 3 heteroatoms. The quantitative estimate of drug-likeness (QED) is 0.667. The van der Waals surface area contributed by atoms with Crippen LogP contribution in [0.3, 0.4) is 0 Å². The van der Waals surface area contributed by atoms with Gasteiger partial charge >= 0.3 is 0 Å². The Morgan fingerprint density at radius 2 is 2.15 bits per heavy atom. The van der Waals surface area contributed by atoms with Gasteiger partial charge in [0.25, 0.3) is 0 Å². The summed E-state index contributed by atoms with van der Waals surface area (Å²) >= 11 is 0. The highest BCUT2D eigenvalue weighted by molar-refractivity contribution is 14.0. The molecule has 0 fully saturated rings. The van der Waals surface area contributed by atoms with Gasteiger partial charge in [0.2, 0.25) is 0 Å². The average Bonchev–Trinajstić information content (AvgIpc) is 2.47. The van der Waals surface area contributed by atoms with Gasteiger partial charge in [-0.2, -0.15) is 0 Å². The number of benzene rings is 1. The van der Waals surface area contributed by atoms with Gasteiger partial charge in [0.15, 0.2) is 0 Å². The molecule has 0 aliphatic carbocycles. The van der Waals surface area contributed by atoms with Crippen LogP contribution in [0.25, 0.3) is 11.0 Å². The zero-order valence-corrected chi connectivity index (χ0v) is 9.49. The van der Waals surface area contributed by atoms with Crippen LogP contribution in [-0.4, -0.2) is 9.97 Å². The van der Waals surface area contributed by atoms with Crippen LogP contribution in [0.5, 0.6) is 0 Å². The SMILES string of the molecule is C=CCc1nc2ccccc2[nH]1.I. The second-order valence-electron chi connectivity index (χ2n) is 2.69. The van der Waals surface area contributed by atoms with Crippen molar-refractivity contribution in [1.82, 2.24) is 9.97 Å². The fourth-order valence-corrected chi connectivity index (χ4v) is 1.24. The molecule has 0 unspecified atom stereocenters. The zero-order valence-electron chi connectivity index (χ0n) is 7.16. The van der Waals surface area contributed by atoms with E-state index in [1.165, 1.54) is 0 Å². The summed E-state index contributed by atoms with van der Waals surface area (Å²) in [4.78, 5) is 7.59. The maximum atomic E-state index is 4.38. The maximum Gasteiger partial charge on any atom is 0.111 e. The van der Waals surface area contributed by atoms with E-state index in [0.29, 0.717) is 0 Å². The lowest BCUT2D eigenvalue weighted by Crippen LogP contribution is -1.81.